The van der Waals surface area contributed by atoms with E-state index in [4.69, 9.17) is 5.11 Å². The van der Waals surface area contributed by atoms with Crippen molar-refractivity contribution in [1.82, 2.24) is 0 Å². The van der Waals surface area contributed by atoms with E-state index in [0.717, 1.165) is 29.9 Å². The zero-order chi connectivity index (χ0) is 14.7. The fourth-order valence-corrected chi connectivity index (χ4v) is 3.12. The Bertz CT molecular complexity index is 512. The van der Waals surface area contributed by atoms with Crippen LogP contribution in [0.4, 0.5) is 5.69 Å². The van der Waals surface area contributed by atoms with Crippen LogP contribution in [0.2, 0.25) is 0 Å². The lowest BCUT2D eigenvalue weighted by atomic mass is 9.91. The smallest absolute Gasteiger partial charge is 0.328 e. The van der Waals surface area contributed by atoms with Crippen LogP contribution in [0.3, 0.4) is 0 Å². The van der Waals surface area contributed by atoms with Gasteiger partial charge in [0.1, 0.15) is 0 Å². The number of rotatable bonds is 3. The first-order valence-electron chi connectivity index (χ1n) is 7.22. The van der Waals surface area contributed by atoms with Crippen molar-refractivity contribution in [3.63, 3.8) is 0 Å². The van der Waals surface area contributed by atoms with Gasteiger partial charge in [-0.15, -0.1) is 0 Å². The Morgan fingerprint density at radius 1 is 1.30 bits per heavy atom. The summed E-state index contributed by atoms with van der Waals surface area (Å²) in [5.41, 5.74) is 3.29. The molecule has 3 heteroatoms. The van der Waals surface area contributed by atoms with Crippen LogP contribution in [0.5, 0.6) is 0 Å². The molecule has 0 aliphatic carbocycles. The highest BCUT2D eigenvalue weighted by atomic mass is 16.4. The van der Waals surface area contributed by atoms with Crippen LogP contribution in [0.15, 0.2) is 24.3 Å². The van der Waals surface area contributed by atoms with Gasteiger partial charge in [-0.25, -0.2) is 4.79 Å². The van der Waals surface area contributed by atoms with Gasteiger partial charge in [0.2, 0.25) is 0 Å². The molecule has 1 aromatic rings. The zero-order valence-electron chi connectivity index (χ0n) is 12.5. The van der Waals surface area contributed by atoms with Gasteiger partial charge in [0.15, 0.2) is 0 Å². The molecule has 2 rings (SSSR count). The maximum Gasteiger partial charge on any atom is 0.328 e. The minimum atomic E-state index is -0.905. The van der Waals surface area contributed by atoms with Crippen molar-refractivity contribution in [2.45, 2.75) is 27.2 Å². The SMILES string of the molecule is Cc1ccc(N2CC(C)CC(C)C2)c(/C=C/C(=O)O)c1. The van der Waals surface area contributed by atoms with Crippen molar-refractivity contribution in [3.8, 4) is 0 Å². The molecule has 20 heavy (non-hydrogen) atoms. The third-order valence-corrected chi connectivity index (χ3v) is 3.80. The minimum Gasteiger partial charge on any atom is -0.478 e. The minimum absolute atomic E-state index is 0.677. The Morgan fingerprint density at radius 3 is 2.55 bits per heavy atom. The molecule has 108 valence electrons. The number of piperidine rings is 1. The van der Waals surface area contributed by atoms with Crippen molar-refractivity contribution in [3.05, 3.63) is 35.4 Å². The number of carbonyl (C=O) groups is 1. The zero-order valence-corrected chi connectivity index (χ0v) is 12.5. The van der Waals surface area contributed by atoms with E-state index in [9.17, 15) is 4.79 Å². The molecule has 1 heterocycles. The van der Waals surface area contributed by atoms with E-state index < -0.39 is 5.97 Å². The van der Waals surface area contributed by atoms with Crippen LogP contribution >= 0.6 is 0 Å². The molecule has 1 aliphatic heterocycles. The van der Waals surface area contributed by atoms with Gasteiger partial charge in [-0.3, -0.25) is 0 Å². The Labute approximate surface area is 120 Å². The summed E-state index contributed by atoms with van der Waals surface area (Å²) >= 11 is 0. The highest BCUT2D eigenvalue weighted by Gasteiger charge is 2.23. The van der Waals surface area contributed by atoms with Crippen LogP contribution in [-0.4, -0.2) is 24.2 Å². The average Bonchev–Trinajstić information content (AvgIpc) is 2.35. The van der Waals surface area contributed by atoms with Crippen molar-refractivity contribution in [2.24, 2.45) is 11.8 Å². The van der Waals surface area contributed by atoms with E-state index >= 15 is 0 Å². The van der Waals surface area contributed by atoms with Gasteiger partial charge in [-0.2, -0.15) is 0 Å². The second-order valence-electron chi connectivity index (χ2n) is 6.08. The lowest BCUT2D eigenvalue weighted by Crippen LogP contribution is -2.39. The summed E-state index contributed by atoms with van der Waals surface area (Å²) in [6.45, 7) is 8.68. The van der Waals surface area contributed by atoms with Crippen molar-refractivity contribution < 1.29 is 9.90 Å². The van der Waals surface area contributed by atoms with E-state index in [1.807, 2.05) is 6.92 Å². The lowest BCUT2D eigenvalue weighted by Gasteiger charge is -2.37. The maximum atomic E-state index is 10.7. The van der Waals surface area contributed by atoms with Crippen LogP contribution in [0.1, 0.15) is 31.4 Å². The number of hydrogen-bond acceptors (Lipinski definition) is 2. The molecule has 0 aromatic heterocycles. The molecule has 0 amide bonds. The van der Waals surface area contributed by atoms with E-state index in [1.54, 1.807) is 6.08 Å². The summed E-state index contributed by atoms with van der Waals surface area (Å²) in [5, 5.41) is 8.83. The van der Waals surface area contributed by atoms with Gasteiger partial charge in [0, 0.05) is 24.9 Å². The molecule has 0 radical (unpaired) electrons. The maximum absolute atomic E-state index is 10.7. The normalized spacial score (nSPS) is 23.2. The van der Waals surface area contributed by atoms with Gasteiger partial charge in [0.05, 0.1) is 0 Å². The van der Waals surface area contributed by atoms with E-state index in [-0.39, 0.29) is 0 Å². The Morgan fingerprint density at radius 2 is 1.95 bits per heavy atom. The third-order valence-electron chi connectivity index (χ3n) is 3.80. The predicted octanol–water partition coefficient (Wildman–Crippen LogP) is 3.58. The summed E-state index contributed by atoms with van der Waals surface area (Å²) in [4.78, 5) is 13.1. The first-order chi connectivity index (χ1) is 9.45. The third kappa shape index (κ3) is 3.62. The van der Waals surface area contributed by atoms with Crippen molar-refractivity contribution in [2.75, 3.05) is 18.0 Å². The summed E-state index contributed by atoms with van der Waals surface area (Å²) in [7, 11) is 0. The summed E-state index contributed by atoms with van der Waals surface area (Å²) in [6, 6.07) is 6.26. The standard InChI is InChI=1S/C17H23NO2/c1-12-4-6-16(15(9-12)5-7-17(19)20)18-10-13(2)8-14(3)11-18/h4-7,9,13-14H,8,10-11H2,1-3H3,(H,19,20)/b7-5+. The fraction of sp³-hybridized carbons (Fsp3) is 0.471. The number of carboxylic acid groups (broad SMARTS) is 1. The van der Waals surface area contributed by atoms with Gasteiger partial charge in [0.25, 0.3) is 0 Å². The molecule has 1 aromatic carbocycles. The average molecular weight is 273 g/mol. The van der Waals surface area contributed by atoms with Gasteiger partial charge in [-0.05, 0) is 49.0 Å². The second-order valence-corrected chi connectivity index (χ2v) is 6.08. The first kappa shape index (κ1) is 14.6. The Balaban J connectivity index is 2.32. The van der Waals surface area contributed by atoms with E-state index in [1.165, 1.54) is 12.5 Å². The molecule has 1 fully saturated rings. The van der Waals surface area contributed by atoms with Gasteiger partial charge < -0.3 is 10.0 Å². The largest absolute Gasteiger partial charge is 0.478 e. The topological polar surface area (TPSA) is 40.5 Å². The molecule has 1 aliphatic rings. The van der Waals surface area contributed by atoms with Gasteiger partial charge in [-0.1, -0.05) is 25.5 Å². The number of nitrogens with zero attached hydrogens (tertiary/aromatic N) is 1. The molecule has 1 saturated heterocycles. The highest BCUT2D eigenvalue weighted by Crippen LogP contribution is 2.30. The summed E-state index contributed by atoms with van der Waals surface area (Å²) in [5.74, 6) is 0.450. The number of hydrogen-bond donors (Lipinski definition) is 1. The second kappa shape index (κ2) is 6.12. The molecular formula is C17H23NO2. The molecule has 3 nitrogen and oxygen atoms in total. The number of carboxylic acids is 1. The van der Waals surface area contributed by atoms with Crippen LogP contribution in [-0.2, 0) is 4.79 Å². The number of aliphatic carboxylic acids is 1. The van der Waals surface area contributed by atoms with Crippen LogP contribution in [0, 0.1) is 18.8 Å². The molecule has 2 atom stereocenters. The van der Waals surface area contributed by atoms with Crippen LogP contribution < -0.4 is 4.90 Å². The summed E-state index contributed by atoms with van der Waals surface area (Å²) in [6.07, 6.45) is 4.19. The fourth-order valence-electron chi connectivity index (χ4n) is 3.12. The van der Waals surface area contributed by atoms with E-state index in [0.29, 0.717) is 11.8 Å². The molecule has 0 spiro atoms. The molecule has 0 saturated carbocycles. The molecule has 2 unspecified atom stereocenters. The first-order valence-corrected chi connectivity index (χ1v) is 7.22. The Hall–Kier alpha value is -1.77. The highest BCUT2D eigenvalue weighted by molar-refractivity contribution is 5.87. The van der Waals surface area contributed by atoms with E-state index in [2.05, 4.69) is 36.9 Å². The number of benzene rings is 1. The number of aryl methyl sites for hydroxylation is 1. The molecular weight excluding hydrogens is 250 g/mol. The Kier molecular flexibility index (Phi) is 4.48. The molecule has 0 bridgehead atoms. The van der Waals surface area contributed by atoms with Crippen molar-refractivity contribution in [1.29, 1.82) is 0 Å². The predicted molar refractivity (Wildman–Crippen MR) is 83.0 cm³/mol. The summed E-state index contributed by atoms with van der Waals surface area (Å²) < 4.78 is 0. The molecule has 1 N–H and O–H groups in total. The monoisotopic (exact) mass is 273 g/mol. The van der Waals surface area contributed by atoms with Crippen molar-refractivity contribution >= 4 is 17.7 Å². The lowest BCUT2D eigenvalue weighted by molar-refractivity contribution is -0.131. The van der Waals surface area contributed by atoms with Crippen LogP contribution in [0.25, 0.3) is 6.08 Å². The number of anilines is 1. The van der Waals surface area contributed by atoms with Gasteiger partial charge >= 0.3 is 5.97 Å². The quantitative estimate of drug-likeness (QED) is 0.856.